The SMILES string of the molecule is CC(=O)Nc1c(C#Cc2ccccc2)nn(C)c1C. The molecule has 1 N–H and O–H groups in total. The zero-order valence-corrected chi connectivity index (χ0v) is 11.2. The Balaban J connectivity index is 2.38. The van der Waals surface area contributed by atoms with Crippen molar-refractivity contribution in [2.75, 3.05) is 5.32 Å². The predicted octanol–water partition coefficient (Wildman–Crippen LogP) is 2.09. The minimum atomic E-state index is -0.126. The van der Waals surface area contributed by atoms with Gasteiger partial charge in [0.15, 0.2) is 5.69 Å². The van der Waals surface area contributed by atoms with Gasteiger partial charge in [-0.05, 0) is 25.0 Å². The second-order valence-corrected chi connectivity index (χ2v) is 4.23. The highest BCUT2D eigenvalue weighted by Crippen LogP contribution is 2.18. The summed E-state index contributed by atoms with van der Waals surface area (Å²) in [5.41, 5.74) is 3.06. The van der Waals surface area contributed by atoms with Crippen LogP contribution in [0.2, 0.25) is 0 Å². The van der Waals surface area contributed by atoms with E-state index in [0.29, 0.717) is 11.4 Å². The molecule has 0 saturated heterocycles. The molecule has 2 rings (SSSR count). The number of carbonyl (C=O) groups excluding carboxylic acids is 1. The molecule has 1 aromatic carbocycles. The Kier molecular flexibility index (Phi) is 3.67. The molecule has 0 atom stereocenters. The van der Waals surface area contributed by atoms with Gasteiger partial charge < -0.3 is 5.32 Å². The smallest absolute Gasteiger partial charge is 0.221 e. The Labute approximate surface area is 112 Å². The van der Waals surface area contributed by atoms with E-state index in [0.717, 1.165) is 11.3 Å². The number of aryl methyl sites for hydroxylation is 1. The van der Waals surface area contributed by atoms with Gasteiger partial charge in [-0.1, -0.05) is 24.1 Å². The van der Waals surface area contributed by atoms with E-state index in [-0.39, 0.29) is 5.91 Å². The number of amides is 1. The molecule has 0 saturated carbocycles. The molecule has 0 radical (unpaired) electrons. The molecule has 0 fully saturated rings. The van der Waals surface area contributed by atoms with Crippen LogP contribution in [0.3, 0.4) is 0 Å². The molecular formula is C15H15N3O. The molecule has 96 valence electrons. The third-order valence-corrected chi connectivity index (χ3v) is 2.73. The van der Waals surface area contributed by atoms with E-state index >= 15 is 0 Å². The van der Waals surface area contributed by atoms with Gasteiger partial charge in [0.05, 0.1) is 11.4 Å². The van der Waals surface area contributed by atoms with E-state index in [9.17, 15) is 4.79 Å². The lowest BCUT2D eigenvalue weighted by molar-refractivity contribution is -0.114. The van der Waals surface area contributed by atoms with Gasteiger partial charge in [0.25, 0.3) is 0 Å². The first-order valence-corrected chi connectivity index (χ1v) is 5.96. The van der Waals surface area contributed by atoms with E-state index < -0.39 is 0 Å². The lowest BCUT2D eigenvalue weighted by Crippen LogP contribution is -2.07. The standard InChI is InChI=1S/C15H15N3O/c1-11-15(16-12(2)19)14(17-18(11)3)10-9-13-7-5-4-6-8-13/h4-8H,1-3H3,(H,16,19). The van der Waals surface area contributed by atoms with Crippen molar-refractivity contribution >= 4 is 11.6 Å². The second-order valence-electron chi connectivity index (χ2n) is 4.23. The largest absolute Gasteiger partial charge is 0.322 e. The van der Waals surface area contributed by atoms with Crippen LogP contribution in [-0.4, -0.2) is 15.7 Å². The fourth-order valence-corrected chi connectivity index (χ4v) is 1.67. The highest BCUT2D eigenvalue weighted by atomic mass is 16.1. The molecule has 19 heavy (non-hydrogen) atoms. The van der Waals surface area contributed by atoms with Gasteiger partial charge >= 0.3 is 0 Å². The van der Waals surface area contributed by atoms with Crippen LogP contribution in [0.4, 0.5) is 5.69 Å². The first kappa shape index (κ1) is 12.9. The fraction of sp³-hybridized carbons (Fsp3) is 0.200. The summed E-state index contributed by atoms with van der Waals surface area (Å²) >= 11 is 0. The highest BCUT2D eigenvalue weighted by molar-refractivity contribution is 5.90. The maximum atomic E-state index is 11.2. The van der Waals surface area contributed by atoms with Crippen LogP contribution < -0.4 is 5.32 Å². The summed E-state index contributed by atoms with van der Waals surface area (Å²) in [4.78, 5) is 11.2. The van der Waals surface area contributed by atoms with Crippen LogP contribution in [0.25, 0.3) is 0 Å². The lowest BCUT2D eigenvalue weighted by atomic mass is 10.2. The topological polar surface area (TPSA) is 46.9 Å². The van der Waals surface area contributed by atoms with Crippen molar-refractivity contribution in [2.45, 2.75) is 13.8 Å². The van der Waals surface area contributed by atoms with Crippen molar-refractivity contribution in [1.82, 2.24) is 9.78 Å². The number of hydrogen-bond donors (Lipinski definition) is 1. The van der Waals surface area contributed by atoms with Crippen molar-refractivity contribution in [3.8, 4) is 11.8 Å². The second kappa shape index (κ2) is 5.40. The van der Waals surface area contributed by atoms with Crippen LogP contribution in [0.15, 0.2) is 30.3 Å². The van der Waals surface area contributed by atoms with Crippen LogP contribution in [0.5, 0.6) is 0 Å². The molecule has 0 spiro atoms. The van der Waals surface area contributed by atoms with Crippen molar-refractivity contribution < 1.29 is 4.79 Å². The van der Waals surface area contributed by atoms with E-state index in [1.54, 1.807) is 4.68 Å². The van der Waals surface area contributed by atoms with E-state index in [2.05, 4.69) is 22.3 Å². The van der Waals surface area contributed by atoms with Crippen molar-refractivity contribution in [3.05, 3.63) is 47.3 Å². The lowest BCUT2D eigenvalue weighted by Gasteiger charge is -2.00. The molecule has 0 unspecified atom stereocenters. The maximum Gasteiger partial charge on any atom is 0.221 e. The molecule has 4 heteroatoms. The van der Waals surface area contributed by atoms with Gasteiger partial charge in [-0.25, -0.2) is 0 Å². The quantitative estimate of drug-likeness (QED) is 0.791. The zero-order valence-electron chi connectivity index (χ0n) is 11.2. The van der Waals surface area contributed by atoms with Crippen molar-refractivity contribution in [2.24, 2.45) is 7.05 Å². The summed E-state index contributed by atoms with van der Waals surface area (Å²) < 4.78 is 1.71. The number of anilines is 1. The summed E-state index contributed by atoms with van der Waals surface area (Å²) in [6, 6.07) is 9.67. The van der Waals surface area contributed by atoms with E-state index in [4.69, 9.17) is 0 Å². The Morgan fingerprint density at radius 3 is 2.58 bits per heavy atom. The van der Waals surface area contributed by atoms with Gasteiger partial charge in [0, 0.05) is 19.5 Å². The van der Waals surface area contributed by atoms with Crippen LogP contribution in [-0.2, 0) is 11.8 Å². The third kappa shape index (κ3) is 3.02. The number of rotatable bonds is 1. The molecule has 1 heterocycles. The molecule has 2 aromatic rings. The van der Waals surface area contributed by atoms with Gasteiger partial charge in [-0.3, -0.25) is 9.48 Å². The normalized spacial score (nSPS) is 9.63. The van der Waals surface area contributed by atoms with Crippen LogP contribution in [0.1, 0.15) is 23.9 Å². The zero-order chi connectivity index (χ0) is 13.8. The van der Waals surface area contributed by atoms with Gasteiger partial charge in [-0.15, -0.1) is 0 Å². The average Bonchev–Trinajstić information content (AvgIpc) is 2.65. The van der Waals surface area contributed by atoms with Gasteiger partial charge in [-0.2, -0.15) is 5.10 Å². The molecule has 1 amide bonds. The third-order valence-electron chi connectivity index (χ3n) is 2.73. The molecule has 0 aliphatic heterocycles. The minimum Gasteiger partial charge on any atom is -0.322 e. The van der Waals surface area contributed by atoms with Gasteiger partial charge in [0.2, 0.25) is 5.91 Å². The Hall–Kier alpha value is -2.54. The molecular weight excluding hydrogens is 238 g/mol. The highest BCUT2D eigenvalue weighted by Gasteiger charge is 2.11. The minimum absolute atomic E-state index is 0.126. The molecule has 1 aromatic heterocycles. The summed E-state index contributed by atoms with van der Waals surface area (Å²) in [5, 5.41) is 7.08. The molecule has 0 aliphatic carbocycles. The first-order chi connectivity index (χ1) is 9.08. The summed E-state index contributed by atoms with van der Waals surface area (Å²) in [7, 11) is 1.83. The monoisotopic (exact) mass is 253 g/mol. The van der Waals surface area contributed by atoms with Crippen molar-refractivity contribution in [1.29, 1.82) is 0 Å². The Morgan fingerprint density at radius 1 is 1.26 bits per heavy atom. The molecule has 0 bridgehead atoms. The van der Waals surface area contributed by atoms with E-state index in [1.165, 1.54) is 6.92 Å². The van der Waals surface area contributed by atoms with Crippen LogP contribution >= 0.6 is 0 Å². The summed E-state index contributed by atoms with van der Waals surface area (Å²) in [6.45, 7) is 3.37. The number of hydrogen-bond acceptors (Lipinski definition) is 2. The van der Waals surface area contributed by atoms with E-state index in [1.807, 2.05) is 44.3 Å². The molecule has 4 nitrogen and oxygen atoms in total. The summed E-state index contributed by atoms with van der Waals surface area (Å²) in [5.74, 6) is 5.91. The van der Waals surface area contributed by atoms with Crippen molar-refractivity contribution in [3.63, 3.8) is 0 Å². The van der Waals surface area contributed by atoms with Crippen LogP contribution in [0, 0.1) is 18.8 Å². The number of carbonyl (C=O) groups is 1. The maximum absolute atomic E-state index is 11.2. The number of benzene rings is 1. The Morgan fingerprint density at radius 2 is 1.95 bits per heavy atom. The number of nitrogens with zero attached hydrogens (tertiary/aromatic N) is 2. The average molecular weight is 253 g/mol. The first-order valence-electron chi connectivity index (χ1n) is 5.96. The Bertz CT molecular complexity index is 660. The predicted molar refractivity (Wildman–Crippen MR) is 74.7 cm³/mol. The number of nitrogens with one attached hydrogen (secondary N) is 1. The molecule has 0 aliphatic rings. The fourth-order valence-electron chi connectivity index (χ4n) is 1.67. The van der Waals surface area contributed by atoms with Gasteiger partial charge in [0.1, 0.15) is 0 Å². The number of aromatic nitrogens is 2. The summed E-state index contributed by atoms with van der Waals surface area (Å²) in [6.07, 6.45) is 0.